The summed E-state index contributed by atoms with van der Waals surface area (Å²) in [6.45, 7) is 3.01. The number of likely N-dealkylation sites (tertiary alicyclic amines) is 1. The molecule has 16 heavy (non-hydrogen) atoms. The predicted octanol–water partition coefficient (Wildman–Crippen LogP) is 0.382. The van der Waals surface area contributed by atoms with E-state index in [-0.39, 0.29) is 6.61 Å². The van der Waals surface area contributed by atoms with Gasteiger partial charge in [0, 0.05) is 12.2 Å². The van der Waals surface area contributed by atoms with Crippen molar-refractivity contribution in [2.24, 2.45) is 0 Å². The molecule has 0 bridgehead atoms. The largest absolute Gasteiger partial charge is 0.394 e. The quantitative estimate of drug-likeness (QED) is 0.776. The fraction of sp³-hybridized carbons (Fsp3) is 0.727. The molecule has 0 aliphatic carbocycles. The number of aromatic nitrogens is 2. The summed E-state index contributed by atoms with van der Waals surface area (Å²) in [4.78, 5) is 2.35. The highest BCUT2D eigenvalue weighted by Gasteiger charge is 2.16. The number of aliphatic hydroxyl groups excluding tert-OH is 1. The number of hydrogen-bond donors (Lipinski definition) is 2. The van der Waals surface area contributed by atoms with E-state index in [1.807, 2.05) is 12.4 Å². The van der Waals surface area contributed by atoms with Gasteiger partial charge in [-0.2, -0.15) is 5.10 Å². The summed E-state index contributed by atoms with van der Waals surface area (Å²) in [6, 6.07) is 0.558. The first-order valence-electron chi connectivity index (χ1n) is 5.86. The summed E-state index contributed by atoms with van der Waals surface area (Å²) in [7, 11) is 2.16. The van der Waals surface area contributed by atoms with Gasteiger partial charge in [-0.15, -0.1) is 0 Å². The minimum atomic E-state index is 0.134. The van der Waals surface area contributed by atoms with E-state index in [1.54, 1.807) is 4.68 Å². The van der Waals surface area contributed by atoms with Crippen LogP contribution in [0.15, 0.2) is 12.4 Å². The van der Waals surface area contributed by atoms with E-state index >= 15 is 0 Å². The van der Waals surface area contributed by atoms with E-state index in [1.165, 1.54) is 12.8 Å². The molecule has 1 saturated heterocycles. The lowest BCUT2D eigenvalue weighted by atomic mass is 10.1. The zero-order valence-corrected chi connectivity index (χ0v) is 9.76. The molecule has 1 aromatic heterocycles. The van der Waals surface area contributed by atoms with Gasteiger partial charge in [-0.25, -0.2) is 0 Å². The van der Waals surface area contributed by atoms with Gasteiger partial charge in [0.25, 0.3) is 0 Å². The van der Waals surface area contributed by atoms with Gasteiger partial charge in [-0.1, -0.05) is 0 Å². The number of nitrogens with one attached hydrogen (secondary N) is 1. The molecule has 2 N–H and O–H groups in total. The Bertz CT molecular complexity index is 318. The molecule has 2 rings (SSSR count). The predicted molar refractivity (Wildman–Crippen MR) is 63.5 cm³/mol. The molecule has 0 aromatic carbocycles. The van der Waals surface area contributed by atoms with E-state index in [2.05, 4.69) is 22.4 Å². The van der Waals surface area contributed by atoms with Crippen LogP contribution in [0.4, 0.5) is 5.69 Å². The smallest absolute Gasteiger partial charge is 0.0728 e. The number of rotatable bonds is 4. The lowest BCUT2D eigenvalue weighted by molar-refractivity contribution is 0.264. The first kappa shape index (κ1) is 11.4. The van der Waals surface area contributed by atoms with E-state index in [9.17, 15) is 0 Å². The van der Waals surface area contributed by atoms with Crippen molar-refractivity contribution in [3.05, 3.63) is 12.4 Å². The summed E-state index contributed by atoms with van der Waals surface area (Å²) in [5.74, 6) is 0. The van der Waals surface area contributed by atoms with Crippen LogP contribution in [0.3, 0.4) is 0 Å². The Morgan fingerprint density at radius 1 is 1.50 bits per heavy atom. The zero-order valence-electron chi connectivity index (χ0n) is 9.76. The Morgan fingerprint density at radius 2 is 2.25 bits per heavy atom. The SMILES string of the molecule is CN1CCC(Nc2cnn(CCO)c2)CC1. The summed E-state index contributed by atoms with van der Waals surface area (Å²) in [5.41, 5.74) is 1.06. The van der Waals surface area contributed by atoms with E-state index in [0.29, 0.717) is 12.6 Å². The molecule has 0 amide bonds. The Labute approximate surface area is 96.1 Å². The van der Waals surface area contributed by atoms with Crippen LogP contribution in [0.1, 0.15) is 12.8 Å². The van der Waals surface area contributed by atoms with Crippen molar-refractivity contribution >= 4 is 5.69 Å². The van der Waals surface area contributed by atoms with Crippen LogP contribution in [0, 0.1) is 0 Å². The maximum atomic E-state index is 8.79. The van der Waals surface area contributed by atoms with Gasteiger partial charge in [0.15, 0.2) is 0 Å². The average Bonchev–Trinajstić information content (AvgIpc) is 2.70. The first-order chi connectivity index (χ1) is 7.78. The molecule has 0 atom stereocenters. The number of anilines is 1. The third kappa shape index (κ3) is 2.96. The molecule has 0 saturated carbocycles. The second-order valence-corrected chi connectivity index (χ2v) is 4.44. The summed E-state index contributed by atoms with van der Waals surface area (Å²) in [5, 5.41) is 16.5. The van der Waals surface area contributed by atoms with Crippen molar-refractivity contribution in [3.63, 3.8) is 0 Å². The monoisotopic (exact) mass is 224 g/mol. The Balaban J connectivity index is 1.83. The highest BCUT2D eigenvalue weighted by atomic mass is 16.3. The van der Waals surface area contributed by atoms with Crippen LogP contribution >= 0.6 is 0 Å². The van der Waals surface area contributed by atoms with Crippen molar-refractivity contribution in [3.8, 4) is 0 Å². The van der Waals surface area contributed by atoms with E-state index in [4.69, 9.17) is 5.11 Å². The third-order valence-electron chi connectivity index (χ3n) is 3.05. The fourth-order valence-electron chi connectivity index (χ4n) is 2.05. The highest BCUT2D eigenvalue weighted by molar-refractivity contribution is 5.39. The third-order valence-corrected chi connectivity index (χ3v) is 3.05. The van der Waals surface area contributed by atoms with Crippen molar-refractivity contribution in [1.82, 2.24) is 14.7 Å². The van der Waals surface area contributed by atoms with Gasteiger partial charge in [-0.05, 0) is 33.0 Å². The van der Waals surface area contributed by atoms with Gasteiger partial charge in [0.1, 0.15) is 0 Å². The molecular weight excluding hydrogens is 204 g/mol. The van der Waals surface area contributed by atoms with Gasteiger partial charge in [-0.3, -0.25) is 4.68 Å². The Kier molecular flexibility index (Phi) is 3.79. The summed E-state index contributed by atoms with van der Waals surface area (Å²) < 4.78 is 1.76. The standard InChI is InChI=1S/C11H20N4O/c1-14-4-2-10(3-5-14)13-11-8-12-15(9-11)6-7-16/h8-10,13,16H,2-7H2,1H3. The number of aliphatic hydroxyl groups is 1. The lowest BCUT2D eigenvalue weighted by Gasteiger charge is -2.29. The van der Waals surface area contributed by atoms with Crippen LogP contribution in [-0.2, 0) is 6.54 Å². The normalized spacial score (nSPS) is 18.9. The Morgan fingerprint density at radius 3 is 2.94 bits per heavy atom. The first-order valence-corrected chi connectivity index (χ1v) is 5.86. The average molecular weight is 224 g/mol. The van der Waals surface area contributed by atoms with Crippen molar-refractivity contribution in [2.45, 2.75) is 25.4 Å². The molecule has 0 radical (unpaired) electrons. The molecule has 5 heteroatoms. The number of hydrogen-bond acceptors (Lipinski definition) is 4. The topological polar surface area (TPSA) is 53.3 Å². The van der Waals surface area contributed by atoms with Gasteiger partial charge in [0.05, 0.1) is 25.0 Å². The molecule has 90 valence electrons. The van der Waals surface area contributed by atoms with Crippen LogP contribution in [-0.4, -0.2) is 52.6 Å². The minimum absolute atomic E-state index is 0.134. The molecule has 0 spiro atoms. The molecule has 0 unspecified atom stereocenters. The maximum Gasteiger partial charge on any atom is 0.0728 e. The van der Waals surface area contributed by atoms with Gasteiger partial charge >= 0.3 is 0 Å². The van der Waals surface area contributed by atoms with Crippen molar-refractivity contribution in [1.29, 1.82) is 0 Å². The summed E-state index contributed by atoms with van der Waals surface area (Å²) >= 11 is 0. The van der Waals surface area contributed by atoms with Crippen LogP contribution in [0.5, 0.6) is 0 Å². The van der Waals surface area contributed by atoms with Gasteiger partial charge < -0.3 is 15.3 Å². The van der Waals surface area contributed by atoms with Crippen molar-refractivity contribution in [2.75, 3.05) is 32.1 Å². The number of piperidine rings is 1. The molecule has 5 nitrogen and oxygen atoms in total. The Hall–Kier alpha value is -1.07. The van der Waals surface area contributed by atoms with Crippen molar-refractivity contribution < 1.29 is 5.11 Å². The van der Waals surface area contributed by atoms with E-state index in [0.717, 1.165) is 18.8 Å². The van der Waals surface area contributed by atoms with Crippen LogP contribution in [0.25, 0.3) is 0 Å². The summed E-state index contributed by atoms with van der Waals surface area (Å²) in [6.07, 6.45) is 6.14. The zero-order chi connectivity index (χ0) is 11.4. The molecular formula is C11H20N4O. The fourth-order valence-corrected chi connectivity index (χ4v) is 2.05. The van der Waals surface area contributed by atoms with Crippen LogP contribution in [0.2, 0.25) is 0 Å². The molecule has 1 aliphatic heterocycles. The highest BCUT2D eigenvalue weighted by Crippen LogP contribution is 2.14. The van der Waals surface area contributed by atoms with Gasteiger partial charge in [0.2, 0.25) is 0 Å². The molecule has 2 heterocycles. The minimum Gasteiger partial charge on any atom is -0.394 e. The molecule has 1 aromatic rings. The maximum absolute atomic E-state index is 8.79. The molecule has 1 aliphatic rings. The molecule has 1 fully saturated rings. The second-order valence-electron chi connectivity index (χ2n) is 4.44. The second kappa shape index (κ2) is 5.32. The number of nitrogens with zero attached hydrogens (tertiary/aromatic N) is 3. The van der Waals surface area contributed by atoms with Crippen LogP contribution < -0.4 is 5.32 Å². The lowest BCUT2D eigenvalue weighted by Crippen LogP contribution is -2.36. The van der Waals surface area contributed by atoms with E-state index < -0.39 is 0 Å².